The first-order valence-electron chi connectivity index (χ1n) is 8.38. The summed E-state index contributed by atoms with van der Waals surface area (Å²) in [5.41, 5.74) is 3.77. The fourth-order valence-electron chi connectivity index (χ4n) is 3.39. The number of benzene rings is 2. The zero-order valence-electron chi connectivity index (χ0n) is 14.2. The van der Waals surface area contributed by atoms with Crippen LogP contribution in [0.15, 0.2) is 42.5 Å². The Kier molecular flexibility index (Phi) is 4.95. The molecule has 0 heterocycles. The molecule has 0 aromatic heterocycles. The van der Waals surface area contributed by atoms with Crippen LogP contribution < -0.4 is 5.32 Å². The fraction of sp³-hybridized carbons (Fsp3) is 0.350. The van der Waals surface area contributed by atoms with E-state index in [4.69, 9.17) is 0 Å². The summed E-state index contributed by atoms with van der Waals surface area (Å²) >= 11 is 0. The van der Waals surface area contributed by atoms with Gasteiger partial charge < -0.3 is 5.32 Å². The topological polar surface area (TPSA) is 32.3 Å². The molecule has 3 rings (SSSR count). The van der Waals surface area contributed by atoms with Crippen molar-refractivity contribution in [1.82, 2.24) is 4.90 Å². The Morgan fingerprint density at radius 3 is 2.88 bits per heavy atom. The number of hydrogen-bond donors (Lipinski definition) is 1. The lowest BCUT2D eigenvalue weighted by Gasteiger charge is -2.32. The van der Waals surface area contributed by atoms with Gasteiger partial charge >= 0.3 is 0 Å². The Morgan fingerprint density at radius 1 is 1.29 bits per heavy atom. The van der Waals surface area contributed by atoms with E-state index in [2.05, 4.69) is 34.5 Å². The van der Waals surface area contributed by atoms with Crippen molar-refractivity contribution in [3.8, 4) is 0 Å². The molecule has 2 aromatic carbocycles. The van der Waals surface area contributed by atoms with Crippen LogP contribution in [0.4, 0.5) is 10.1 Å². The van der Waals surface area contributed by atoms with Gasteiger partial charge in [-0.15, -0.1) is 0 Å². The summed E-state index contributed by atoms with van der Waals surface area (Å²) in [6, 6.07) is 13.5. The van der Waals surface area contributed by atoms with Gasteiger partial charge in [0.25, 0.3) is 0 Å². The first-order chi connectivity index (χ1) is 11.5. The number of fused-ring (bicyclic) bond motifs is 1. The number of nitrogens with one attached hydrogen (secondary N) is 1. The van der Waals surface area contributed by atoms with Crippen molar-refractivity contribution in [3.63, 3.8) is 0 Å². The van der Waals surface area contributed by atoms with Crippen molar-refractivity contribution < 1.29 is 9.18 Å². The maximum Gasteiger partial charge on any atom is 0.238 e. The van der Waals surface area contributed by atoms with Crippen molar-refractivity contribution in [2.45, 2.75) is 32.2 Å². The van der Waals surface area contributed by atoms with E-state index in [-0.39, 0.29) is 24.3 Å². The Labute approximate surface area is 142 Å². The predicted octanol–water partition coefficient (Wildman–Crippen LogP) is 4.08. The van der Waals surface area contributed by atoms with E-state index in [9.17, 15) is 9.18 Å². The van der Waals surface area contributed by atoms with Gasteiger partial charge in [0, 0.05) is 11.7 Å². The van der Waals surface area contributed by atoms with E-state index in [1.54, 1.807) is 19.1 Å². The number of halogens is 1. The van der Waals surface area contributed by atoms with Crippen LogP contribution in [-0.2, 0) is 11.2 Å². The second-order valence-corrected chi connectivity index (χ2v) is 6.53. The number of nitrogens with zero attached hydrogens (tertiary/aromatic N) is 1. The van der Waals surface area contributed by atoms with Gasteiger partial charge in [0.1, 0.15) is 5.82 Å². The quantitative estimate of drug-likeness (QED) is 0.918. The largest absolute Gasteiger partial charge is 0.325 e. The lowest BCUT2D eigenvalue weighted by atomic mass is 9.87. The highest BCUT2D eigenvalue weighted by Crippen LogP contribution is 2.33. The lowest BCUT2D eigenvalue weighted by molar-refractivity contribution is -0.117. The van der Waals surface area contributed by atoms with E-state index in [0.29, 0.717) is 11.3 Å². The number of hydrogen-bond acceptors (Lipinski definition) is 2. The molecule has 0 radical (unpaired) electrons. The standard InChI is InChI=1S/C20H23FN2O/c1-14-10-11-16(12-18(14)21)22-20(24)13-23(2)19-9-5-7-15-6-3-4-8-17(15)19/h3-4,6,8,10-12,19H,5,7,9,13H2,1-2H3,(H,22,24)/t19-/m0/s1. The molecule has 0 fully saturated rings. The van der Waals surface area contributed by atoms with Crippen molar-refractivity contribution in [3.05, 3.63) is 65.0 Å². The highest BCUT2D eigenvalue weighted by Gasteiger charge is 2.24. The van der Waals surface area contributed by atoms with E-state index in [1.165, 1.54) is 17.2 Å². The van der Waals surface area contributed by atoms with Gasteiger partial charge in [0.05, 0.1) is 6.54 Å². The number of rotatable bonds is 4. The smallest absolute Gasteiger partial charge is 0.238 e. The van der Waals surface area contributed by atoms with Crippen LogP contribution in [0, 0.1) is 12.7 Å². The first-order valence-corrected chi connectivity index (χ1v) is 8.38. The van der Waals surface area contributed by atoms with E-state index in [1.807, 2.05) is 7.05 Å². The summed E-state index contributed by atoms with van der Waals surface area (Å²) in [4.78, 5) is 14.4. The summed E-state index contributed by atoms with van der Waals surface area (Å²) in [5.74, 6) is -0.425. The second kappa shape index (κ2) is 7.14. The van der Waals surface area contributed by atoms with Crippen LogP contribution in [0.2, 0.25) is 0 Å². The van der Waals surface area contributed by atoms with Gasteiger partial charge in [-0.25, -0.2) is 4.39 Å². The Hall–Kier alpha value is -2.20. The normalized spacial score (nSPS) is 16.8. The Balaban J connectivity index is 1.65. The molecule has 1 N–H and O–H groups in total. The lowest BCUT2D eigenvalue weighted by Crippen LogP contribution is -2.34. The van der Waals surface area contributed by atoms with Crippen LogP contribution in [-0.4, -0.2) is 24.4 Å². The van der Waals surface area contributed by atoms with Crippen molar-refractivity contribution in [1.29, 1.82) is 0 Å². The monoisotopic (exact) mass is 326 g/mol. The fourth-order valence-corrected chi connectivity index (χ4v) is 3.39. The maximum atomic E-state index is 13.6. The SMILES string of the molecule is Cc1ccc(NC(=O)CN(C)[C@H]2CCCc3ccccc32)cc1F. The van der Waals surface area contributed by atoms with Crippen molar-refractivity contribution in [2.75, 3.05) is 18.9 Å². The summed E-state index contributed by atoms with van der Waals surface area (Å²) in [7, 11) is 1.97. The molecule has 0 saturated heterocycles. The second-order valence-electron chi connectivity index (χ2n) is 6.53. The maximum absolute atomic E-state index is 13.6. The number of carbonyl (C=O) groups is 1. The van der Waals surface area contributed by atoms with Gasteiger partial charge in [-0.1, -0.05) is 30.3 Å². The minimum Gasteiger partial charge on any atom is -0.325 e. The molecule has 1 aliphatic rings. The highest BCUT2D eigenvalue weighted by atomic mass is 19.1. The molecule has 0 spiro atoms. The van der Waals surface area contributed by atoms with Gasteiger partial charge in [-0.2, -0.15) is 0 Å². The molecular formula is C20H23FN2O. The van der Waals surface area contributed by atoms with Crippen LogP contribution in [0.1, 0.15) is 35.6 Å². The summed E-state index contributed by atoms with van der Waals surface area (Å²) in [6.07, 6.45) is 3.30. The molecule has 0 aliphatic heterocycles. The van der Waals surface area contributed by atoms with Crippen molar-refractivity contribution >= 4 is 11.6 Å². The van der Waals surface area contributed by atoms with E-state index < -0.39 is 0 Å². The number of carbonyl (C=O) groups excluding carboxylic acids is 1. The third-order valence-corrected chi connectivity index (χ3v) is 4.72. The van der Waals surface area contributed by atoms with Crippen LogP contribution in [0.3, 0.4) is 0 Å². The van der Waals surface area contributed by atoms with Gasteiger partial charge in [0.15, 0.2) is 0 Å². The molecule has 1 amide bonds. The number of anilines is 1. The molecule has 1 aliphatic carbocycles. The molecule has 3 nitrogen and oxygen atoms in total. The zero-order chi connectivity index (χ0) is 17.1. The molecule has 4 heteroatoms. The molecular weight excluding hydrogens is 303 g/mol. The minimum atomic E-state index is -0.303. The molecule has 0 bridgehead atoms. The van der Waals surface area contributed by atoms with Crippen LogP contribution in [0.5, 0.6) is 0 Å². The molecule has 0 saturated carbocycles. The number of likely N-dealkylation sites (N-methyl/N-ethyl adjacent to an activating group) is 1. The third-order valence-electron chi connectivity index (χ3n) is 4.72. The molecule has 24 heavy (non-hydrogen) atoms. The summed E-state index contributed by atoms with van der Waals surface area (Å²) in [6.45, 7) is 1.99. The summed E-state index contributed by atoms with van der Waals surface area (Å²) in [5, 5.41) is 2.78. The molecule has 0 unspecified atom stereocenters. The van der Waals surface area contributed by atoms with E-state index in [0.717, 1.165) is 19.3 Å². The third kappa shape index (κ3) is 3.65. The van der Waals surface area contributed by atoms with Gasteiger partial charge in [-0.05, 0) is 62.1 Å². The van der Waals surface area contributed by atoms with E-state index >= 15 is 0 Å². The summed E-state index contributed by atoms with van der Waals surface area (Å²) < 4.78 is 13.6. The molecule has 1 atom stereocenters. The van der Waals surface area contributed by atoms with Crippen LogP contribution >= 0.6 is 0 Å². The predicted molar refractivity (Wildman–Crippen MR) is 94.5 cm³/mol. The average molecular weight is 326 g/mol. The number of amides is 1. The Morgan fingerprint density at radius 2 is 2.08 bits per heavy atom. The average Bonchev–Trinajstić information content (AvgIpc) is 2.57. The molecule has 126 valence electrons. The van der Waals surface area contributed by atoms with Crippen LogP contribution in [0.25, 0.3) is 0 Å². The molecule has 2 aromatic rings. The van der Waals surface area contributed by atoms with Gasteiger partial charge in [0.2, 0.25) is 5.91 Å². The van der Waals surface area contributed by atoms with Gasteiger partial charge in [-0.3, -0.25) is 9.69 Å². The minimum absolute atomic E-state index is 0.121. The highest BCUT2D eigenvalue weighted by molar-refractivity contribution is 5.92. The Bertz CT molecular complexity index is 744. The zero-order valence-corrected chi connectivity index (χ0v) is 14.2. The first kappa shape index (κ1) is 16.7. The number of aryl methyl sites for hydroxylation is 2. The van der Waals surface area contributed by atoms with Crippen molar-refractivity contribution in [2.24, 2.45) is 0 Å².